The van der Waals surface area contributed by atoms with Crippen LogP contribution in [0.15, 0.2) is 83.7 Å². The van der Waals surface area contributed by atoms with Gasteiger partial charge < -0.3 is 24.4 Å². The molecule has 2 amide bonds. The molecule has 0 saturated carbocycles. The van der Waals surface area contributed by atoms with Crippen molar-refractivity contribution in [1.29, 1.82) is 5.26 Å². The third kappa shape index (κ3) is 6.83. The molecule has 1 aliphatic heterocycles. The lowest BCUT2D eigenvalue weighted by Gasteiger charge is -2.26. The molecule has 218 valence electrons. The second kappa shape index (κ2) is 13.7. The number of carbonyl (C=O) groups excluding carboxylic acids is 2. The van der Waals surface area contributed by atoms with Crippen molar-refractivity contribution in [3.8, 4) is 23.3 Å². The summed E-state index contributed by atoms with van der Waals surface area (Å²) in [6, 6.07) is 25.1. The average molecular weight is 597 g/mol. The Hall–Kier alpha value is -5.18. The van der Waals surface area contributed by atoms with Gasteiger partial charge in [-0.15, -0.1) is 11.3 Å². The molecule has 0 spiro atoms. The highest BCUT2D eigenvalue weighted by Gasteiger charge is 2.24. The van der Waals surface area contributed by atoms with Gasteiger partial charge in [-0.2, -0.15) is 5.26 Å². The van der Waals surface area contributed by atoms with Crippen molar-refractivity contribution in [2.45, 2.75) is 0 Å². The SMILES string of the molecule is COc1cc(C=c2sc(=C(C#N)C(=O)N3CCOCC3)n(-c3ccccc3)c2=O)ccc1OCC(=O)Nc1ccccc1. The molecule has 0 atom stereocenters. The van der Waals surface area contributed by atoms with Crippen LogP contribution in [0.1, 0.15) is 5.56 Å². The van der Waals surface area contributed by atoms with Crippen molar-refractivity contribution in [2.75, 3.05) is 45.3 Å². The Morgan fingerprint density at radius 2 is 1.72 bits per heavy atom. The molecule has 2 heterocycles. The highest BCUT2D eigenvalue weighted by molar-refractivity contribution is 7.07. The quantitative estimate of drug-likeness (QED) is 0.331. The van der Waals surface area contributed by atoms with Crippen LogP contribution in [0.2, 0.25) is 0 Å². The summed E-state index contributed by atoms with van der Waals surface area (Å²) in [5.41, 5.74) is 1.35. The second-order valence-corrected chi connectivity index (χ2v) is 10.4. The van der Waals surface area contributed by atoms with Crippen molar-refractivity contribution in [3.63, 3.8) is 0 Å². The van der Waals surface area contributed by atoms with Crippen LogP contribution in [0.3, 0.4) is 0 Å². The van der Waals surface area contributed by atoms with Gasteiger partial charge in [-0.1, -0.05) is 42.5 Å². The minimum absolute atomic E-state index is 0.109. The number of benzene rings is 3. The fourth-order valence-corrected chi connectivity index (χ4v) is 5.58. The Kier molecular flexibility index (Phi) is 9.31. The van der Waals surface area contributed by atoms with E-state index in [9.17, 15) is 19.6 Å². The van der Waals surface area contributed by atoms with Gasteiger partial charge in [0.2, 0.25) is 0 Å². The number of anilines is 1. The Bertz CT molecular complexity index is 1840. The lowest BCUT2D eigenvalue weighted by molar-refractivity contribution is -0.128. The maximum Gasteiger partial charge on any atom is 0.273 e. The molecule has 0 radical (unpaired) electrons. The summed E-state index contributed by atoms with van der Waals surface area (Å²) in [4.78, 5) is 41.0. The summed E-state index contributed by atoms with van der Waals surface area (Å²) in [6.45, 7) is 1.28. The number of hydrogen-bond acceptors (Lipinski definition) is 8. The summed E-state index contributed by atoms with van der Waals surface area (Å²) < 4.78 is 18.5. The molecule has 1 saturated heterocycles. The summed E-state index contributed by atoms with van der Waals surface area (Å²) in [5.74, 6) is -0.0452. The Morgan fingerprint density at radius 1 is 1.02 bits per heavy atom. The van der Waals surface area contributed by atoms with Crippen molar-refractivity contribution in [1.82, 2.24) is 9.47 Å². The lowest BCUT2D eigenvalue weighted by Crippen LogP contribution is -2.42. The van der Waals surface area contributed by atoms with Crippen LogP contribution in [0.5, 0.6) is 11.5 Å². The van der Waals surface area contributed by atoms with E-state index >= 15 is 0 Å². The molecule has 3 aromatic carbocycles. The Labute approximate surface area is 251 Å². The molecule has 11 heteroatoms. The zero-order valence-corrected chi connectivity index (χ0v) is 24.1. The summed E-state index contributed by atoms with van der Waals surface area (Å²) in [5, 5.41) is 12.8. The predicted molar refractivity (Wildman–Crippen MR) is 163 cm³/mol. The minimum atomic E-state index is -0.442. The highest BCUT2D eigenvalue weighted by Crippen LogP contribution is 2.28. The van der Waals surface area contributed by atoms with Crippen LogP contribution in [-0.2, 0) is 14.3 Å². The number of para-hydroxylation sites is 2. The van der Waals surface area contributed by atoms with Gasteiger partial charge in [-0.25, -0.2) is 0 Å². The van der Waals surface area contributed by atoms with Gasteiger partial charge in [0.05, 0.1) is 30.5 Å². The Morgan fingerprint density at radius 3 is 2.40 bits per heavy atom. The molecule has 1 N–H and O–H groups in total. The second-order valence-electron chi connectivity index (χ2n) is 9.40. The normalized spacial score (nSPS) is 14.0. The first-order chi connectivity index (χ1) is 21.0. The minimum Gasteiger partial charge on any atom is -0.493 e. The number of ether oxygens (including phenoxy) is 3. The standard InChI is InChI=1S/C32H28N4O6S/c1-40-27-18-22(12-13-26(27)42-21-29(37)34-23-8-4-2-5-9-23)19-28-31(39)36(24-10-6-3-7-11-24)32(43-28)25(20-33)30(38)35-14-16-41-17-15-35/h2-13,18-19H,14-17,21H2,1H3,(H,34,37). The van der Waals surface area contributed by atoms with E-state index in [1.165, 1.54) is 11.7 Å². The van der Waals surface area contributed by atoms with Crippen molar-refractivity contribution < 1.29 is 23.8 Å². The van der Waals surface area contributed by atoms with Crippen molar-refractivity contribution in [3.05, 3.63) is 104 Å². The van der Waals surface area contributed by atoms with Crippen LogP contribution in [0.4, 0.5) is 5.69 Å². The number of hydrogen-bond donors (Lipinski definition) is 1. The van der Waals surface area contributed by atoms with Crippen molar-refractivity contribution >= 4 is 40.5 Å². The first-order valence-electron chi connectivity index (χ1n) is 13.4. The highest BCUT2D eigenvalue weighted by atomic mass is 32.1. The summed E-state index contributed by atoms with van der Waals surface area (Å²) >= 11 is 1.07. The molecule has 10 nitrogen and oxygen atoms in total. The number of amides is 2. The molecule has 5 rings (SSSR count). The van der Waals surface area contributed by atoms with Crippen LogP contribution >= 0.6 is 11.3 Å². The molecule has 4 aromatic rings. The van der Waals surface area contributed by atoms with Crippen LogP contribution in [0, 0.1) is 11.3 Å². The number of nitrogens with one attached hydrogen (secondary N) is 1. The monoisotopic (exact) mass is 596 g/mol. The van der Waals surface area contributed by atoms with Crippen LogP contribution < -0.4 is 29.5 Å². The van der Waals surface area contributed by atoms with Crippen molar-refractivity contribution in [2.24, 2.45) is 0 Å². The molecule has 1 aromatic heterocycles. The van der Waals surface area contributed by atoms with Crippen LogP contribution in [0.25, 0.3) is 17.3 Å². The zero-order valence-electron chi connectivity index (χ0n) is 23.3. The van der Waals surface area contributed by atoms with Gasteiger partial charge in [0.25, 0.3) is 17.4 Å². The topological polar surface area (TPSA) is 123 Å². The fourth-order valence-electron chi connectivity index (χ4n) is 4.48. The molecule has 1 fully saturated rings. The third-order valence-corrected chi connectivity index (χ3v) is 7.67. The Balaban J connectivity index is 1.50. The molecular formula is C32H28N4O6S. The van der Waals surface area contributed by atoms with E-state index in [-0.39, 0.29) is 28.3 Å². The maximum atomic E-state index is 13.7. The number of rotatable bonds is 8. The first kappa shape index (κ1) is 29.3. The van der Waals surface area contributed by atoms with Gasteiger partial charge in [0.1, 0.15) is 10.7 Å². The lowest BCUT2D eigenvalue weighted by atomic mass is 10.2. The van der Waals surface area contributed by atoms with E-state index in [0.29, 0.717) is 59.3 Å². The van der Waals surface area contributed by atoms with Crippen LogP contribution in [-0.4, -0.2) is 61.3 Å². The van der Waals surface area contributed by atoms with Gasteiger partial charge in [-0.05, 0) is 48.0 Å². The van der Waals surface area contributed by atoms with E-state index in [0.717, 1.165) is 11.3 Å². The number of nitrogens with zero attached hydrogens (tertiary/aromatic N) is 3. The van der Waals surface area contributed by atoms with Gasteiger partial charge in [-0.3, -0.25) is 19.0 Å². The molecule has 0 aliphatic carbocycles. The van der Waals surface area contributed by atoms with E-state index in [2.05, 4.69) is 5.32 Å². The smallest absolute Gasteiger partial charge is 0.273 e. The number of carbonyl (C=O) groups is 2. The van der Waals surface area contributed by atoms with E-state index < -0.39 is 5.91 Å². The number of aromatic nitrogens is 1. The van der Waals surface area contributed by atoms with E-state index in [4.69, 9.17) is 14.2 Å². The molecule has 1 aliphatic rings. The van der Waals surface area contributed by atoms with Gasteiger partial charge in [0.15, 0.2) is 23.7 Å². The number of nitriles is 1. The van der Waals surface area contributed by atoms with E-state index in [1.54, 1.807) is 65.6 Å². The molecule has 0 unspecified atom stereocenters. The number of methoxy groups -OCH3 is 1. The van der Waals surface area contributed by atoms with E-state index in [1.807, 2.05) is 30.3 Å². The first-order valence-corrected chi connectivity index (χ1v) is 14.3. The molecule has 43 heavy (non-hydrogen) atoms. The average Bonchev–Trinajstić information content (AvgIpc) is 3.36. The third-order valence-electron chi connectivity index (χ3n) is 6.58. The van der Waals surface area contributed by atoms with Gasteiger partial charge >= 0.3 is 0 Å². The summed E-state index contributed by atoms with van der Waals surface area (Å²) in [7, 11) is 1.48. The fraction of sp³-hybridized carbons (Fsp3) is 0.188. The summed E-state index contributed by atoms with van der Waals surface area (Å²) in [6.07, 6.45) is 1.67. The zero-order chi connectivity index (χ0) is 30.2. The largest absolute Gasteiger partial charge is 0.493 e. The van der Waals surface area contributed by atoms with Gasteiger partial charge in [0, 0.05) is 18.8 Å². The number of thiazole rings is 1. The maximum absolute atomic E-state index is 13.7. The molecule has 0 bridgehead atoms. The number of morpholine rings is 1. The molecular weight excluding hydrogens is 568 g/mol. The predicted octanol–water partition coefficient (Wildman–Crippen LogP) is 2.29.